The van der Waals surface area contributed by atoms with Gasteiger partial charge in [-0.2, -0.15) is 0 Å². The molecule has 0 fully saturated rings. The third-order valence-electron chi connectivity index (χ3n) is 2.04. The SMILES string of the molecule is Fc1ccc(F)c(COc2cccnc2)c1. The molecule has 0 aliphatic rings. The van der Waals surface area contributed by atoms with Crippen LogP contribution in [0.4, 0.5) is 8.78 Å². The first-order chi connectivity index (χ1) is 7.75. The minimum Gasteiger partial charge on any atom is -0.487 e. The van der Waals surface area contributed by atoms with Gasteiger partial charge in [0.1, 0.15) is 24.0 Å². The predicted octanol–water partition coefficient (Wildman–Crippen LogP) is 2.94. The summed E-state index contributed by atoms with van der Waals surface area (Å²) >= 11 is 0. The minimum atomic E-state index is -0.481. The number of halogens is 2. The van der Waals surface area contributed by atoms with Gasteiger partial charge >= 0.3 is 0 Å². The van der Waals surface area contributed by atoms with Gasteiger partial charge in [-0.05, 0) is 30.3 Å². The molecule has 1 aromatic carbocycles. The summed E-state index contributed by atoms with van der Waals surface area (Å²) in [4.78, 5) is 3.84. The maximum absolute atomic E-state index is 13.2. The Balaban J connectivity index is 2.08. The highest BCUT2D eigenvalue weighted by atomic mass is 19.1. The van der Waals surface area contributed by atoms with Gasteiger partial charge in [0.05, 0.1) is 6.20 Å². The maximum atomic E-state index is 13.2. The Labute approximate surface area is 91.5 Å². The van der Waals surface area contributed by atoms with E-state index in [1.165, 1.54) is 6.20 Å². The number of nitrogens with zero attached hydrogens (tertiary/aromatic N) is 1. The van der Waals surface area contributed by atoms with Crippen LogP contribution in [-0.4, -0.2) is 4.98 Å². The summed E-state index contributed by atoms with van der Waals surface area (Å²) in [6, 6.07) is 6.67. The van der Waals surface area contributed by atoms with Gasteiger partial charge in [0.2, 0.25) is 0 Å². The Kier molecular flexibility index (Phi) is 3.10. The van der Waals surface area contributed by atoms with Crippen molar-refractivity contribution in [1.82, 2.24) is 4.98 Å². The van der Waals surface area contributed by atoms with E-state index in [1.807, 2.05) is 0 Å². The quantitative estimate of drug-likeness (QED) is 0.795. The van der Waals surface area contributed by atoms with Crippen molar-refractivity contribution in [2.75, 3.05) is 0 Å². The highest BCUT2D eigenvalue weighted by molar-refractivity contribution is 5.20. The van der Waals surface area contributed by atoms with Gasteiger partial charge in [0, 0.05) is 11.8 Å². The summed E-state index contributed by atoms with van der Waals surface area (Å²) in [6.07, 6.45) is 3.12. The Hall–Kier alpha value is -1.97. The molecule has 2 nitrogen and oxygen atoms in total. The molecule has 0 N–H and O–H groups in total. The zero-order valence-corrected chi connectivity index (χ0v) is 8.36. The van der Waals surface area contributed by atoms with Crippen molar-refractivity contribution < 1.29 is 13.5 Å². The molecule has 0 unspecified atom stereocenters. The maximum Gasteiger partial charge on any atom is 0.138 e. The Bertz CT molecular complexity index is 474. The van der Waals surface area contributed by atoms with E-state index in [0.29, 0.717) is 5.75 Å². The van der Waals surface area contributed by atoms with E-state index in [4.69, 9.17) is 4.74 Å². The van der Waals surface area contributed by atoms with Crippen molar-refractivity contribution in [2.24, 2.45) is 0 Å². The van der Waals surface area contributed by atoms with Gasteiger partial charge in [-0.15, -0.1) is 0 Å². The van der Waals surface area contributed by atoms with Crippen molar-refractivity contribution in [3.8, 4) is 5.75 Å². The third kappa shape index (κ3) is 2.53. The average Bonchev–Trinajstić information content (AvgIpc) is 2.32. The molecular weight excluding hydrogens is 212 g/mol. The molecule has 0 aliphatic carbocycles. The summed E-state index contributed by atoms with van der Waals surface area (Å²) < 4.78 is 31.3. The van der Waals surface area contributed by atoms with Crippen molar-refractivity contribution in [3.05, 3.63) is 59.9 Å². The third-order valence-corrected chi connectivity index (χ3v) is 2.04. The van der Waals surface area contributed by atoms with E-state index >= 15 is 0 Å². The molecule has 82 valence electrons. The molecule has 0 amide bonds. The van der Waals surface area contributed by atoms with Crippen molar-refractivity contribution in [2.45, 2.75) is 6.61 Å². The number of hydrogen-bond donors (Lipinski definition) is 0. The highest BCUT2D eigenvalue weighted by Gasteiger charge is 2.04. The number of rotatable bonds is 3. The fraction of sp³-hybridized carbons (Fsp3) is 0.0833. The van der Waals surface area contributed by atoms with Crippen LogP contribution < -0.4 is 4.74 Å². The standard InChI is InChI=1S/C12H9F2NO/c13-10-3-4-12(14)9(6-10)8-16-11-2-1-5-15-7-11/h1-7H,8H2. The Morgan fingerprint density at radius 3 is 2.81 bits per heavy atom. The minimum absolute atomic E-state index is 0.0186. The topological polar surface area (TPSA) is 22.1 Å². The first-order valence-electron chi connectivity index (χ1n) is 4.72. The van der Waals surface area contributed by atoms with E-state index in [0.717, 1.165) is 18.2 Å². The Morgan fingerprint density at radius 1 is 1.19 bits per heavy atom. The second-order valence-electron chi connectivity index (χ2n) is 3.21. The molecule has 0 spiro atoms. The molecule has 1 heterocycles. The molecule has 16 heavy (non-hydrogen) atoms. The lowest BCUT2D eigenvalue weighted by Crippen LogP contribution is -1.99. The van der Waals surface area contributed by atoms with Crippen molar-refractivity contribution in [1.29, 1.82) is 0 Å². The largest absolute Gasteiger partial charge is 0.487 e. The molecule has 1 aromatic heterocycles. The monoisotopic (exact) mass is 221 g/mol. The molecule has 0 bridgehead atoms. The molecule has 0 aliphatic heterocycles. The van der Waals surface area contributed by atoms with Gasteiger partial charge in [0.15, 0.2) is 0 Å². The summed E-state index contributed by atoms with van der Waals surface area (Å²) in [5.74, 6) is -0.442. The lowest BCUT2D eigenvalue weighted by atomic mass is 10.2. The molecule has 4 heteroatoms. The van der Waals surface area contributed by atoms with Crippen LogP contribution in [0.3, 0.4) is 0 Å². The van der Waals surface area contributed by atoms with Crippen molar-refractivity contribution >= 4 is 0 Å². The summed E-state index contributed by atoms with van der Waals surface area (Å²) in [5.41, 5.74) is 0.184. The van der Waals surface area contributed by atoms with Crippen LogP contribution in [0.5, 0.6) is 5.75 Å². The van der Waals surface area contributed by atoms with Crippen LogP contribution in [0, 0.1) is 11.6 Å². The molecule has 0 atom stereocenters. The average molecular weight is 221 g/mol. The number of hydrogen-bond acceptors (Lipinski definition) is 2. The molecule has 0 saturated carbocycles. The second-order valence-corrected chi connectivity index (χ2v) is 3.21. The lowest BCUT2D eigenvalue weighted by molar-refractivity contribution is 0.298. The van der Waals surface area contributed by atoms with Gasteiger partial charge in [-0.1, -0.05) is 0 Å². The fourth-order valence-electron chi connectivity index (χ4n) is 1.25. The zero-order chi connectivity index (χ0) is 11.4. The van der Waals surface area contributed by atoms with Crippen LogP contribution in [0.1, 0.15) is 5.56 Å². The van der Waals surface area contributed by atoms with Crippen LogP contribution in [0.2, 0.25) is 0 Å². The Morgan fingerprint density at radius 2 is 2.06 bits per heavy atom. The molecule has 0 saturated heterocycles. The number of benzene rings is 1. The second kappa shape index (κ2) is 4.70. The summed E-state index contributed by atoms with van der Waals surface area (Å²) in [7, 11) is 0. The number of pyridine rings is 1. The zero-order valence-electron chi connectivity index (χ0n) is 8.36. The van der Waals surface area contributed by atoms with Gasteiger partial charge in [-0.3, -0.25) is 4.98 Å². The van der Waals surface area contributed by atoms with Gasteiger partial charge < -0.3 is 4.74 Å². The smallest absolute Gasteiger partial charge is 0.138 e. The van der Waals surface area contributed by atoms with E-state index < -0.39 is 11.6 Å². The summed E-state index contributed by atoms with van der Waals surface area (Å²) in [5, 5.41) is 0. The molecule has 2 aromatic rings. The van der Waals surface area contributed by atoms with Gasteiger partial charge in [0.25, 0.3) is 0 Å². The van der Waals surface area contributed by atoms with Crippen LogP contribution in [0.25, 0.3) is 0 Å². The molecular formula is C12H9F2NO. The van der Waals surface area contributed by atoms with Crippen LogP contribution >= 0.6 is 0 Å². The van der Waals surface area contributed by atoms with Gasteiger partial charge in [-0.25, -0.2) is 8.78 Å². The predicted molar refractivity (Wildman–Crippen MR) is 54.9 cm³/mol. The first kappa shape index (κ1) is 10.5. The van der Waals surface area contributed by atoms with E-state index in [2.05, 4.69) is 4.98 Å². The summed E-state index contributed by atoms with van der Waals surface area (Å²) in [6.45, 7) is -0.0186. The lowest BCUT2D eigenvalue weighted by Gasteiger charge is -2.06. The molecule has 2 rings (SSSR count). The number of aromatic nitrogens is 1. The number of ether oxygens (including phenoxy) is 1. The molecule has 0 radical (unpaired) electrons. The van der Waals surface area contributed by atoms with E-state index in [9.17, 15) is 8.78 Å². The normalized spacial score (nSPS) is 10.1. The fourth-order valence-corrected chi connectivity index (χ4v) is 1.25. The van der Waals surface area contributed by atoms with Crippen molar-refractivity contribution in [3.63, 3.8) is 0 Å². The van der Waals surface area contributed by atoms with Crippen LogP contribution in [0.15, 0.2) is 42.7 Å². The first-order valence-corrected chi connectivity index (χ1v) is 4.72. The van der Waals surface area contributed by atoms with E-state index in [-0.39, 0.29) is 12.2 Å². The van der Waals surface area contributed by atoms with Crippen LogP contribution in [-0.2, 0) is 6.61 Å². The van der Waals surface area contributed by atoms with E-state index in [1.54, 1.807) is 18.3 Å². The highest BCUT2D eigenvalue weighted by Crippen LogP contribution is 2.13.